The quantitative estimate of drug-likeness (QED) is 0.754. The molecule has 1 heteroatoms. The van der Waals surface area contributed by atoms with Gasteiger partial charge >= 0.3 is 0 Å². The van der Waals surface area contributed by atoms with Crippen LogP contribution in [0.5, 0.6) is 5.75 Å². The molecule has 1 nitrogen and oxygen atoms in total. The molecular formula is C16H18O. The normalized spacial score (nSPS) is 10.2. The van der Waals surface area contributed by atoms with Gasteiger partial charge in [0.2, 0.25) is 0 Å². The van der Waals surface area contributed by atoms with E-state index in [4.69, 9.17) is 4.74 Å². The second-order valence-corrected chi connectivity index (χ2v) is 4.15. The molecule has 0 amide bonds. The largest absolute Gasteiger partial charge is 0.496 e. The molecule has 0 atom stereocenters. The molecule has 0 aliphatic carbocycles. The number of aryl methyl sites for hydroxylation is 1. The molecule has 0 fully saturated rings. The summed E-state index contributed by atoms with van der Waals surface area (Å²) < 4.78 is 5.38. The Morgan fingerprint density at radius 3 is 2.29 bits per heavy atom. The average molecular weight is 226 g/mol. The Hall–Kier alpha value is -1.76. The van der Waals surface area contributed by atoms with Gasteiger partial charge in [-0.3, -0.25) is 0 Å². The molecule has 0 unspecified atom stereocenters. The highest BCUT2D eigenvalue weighted by Crippen LogP contribution is 2.29. The number of para-hydroxylation sites is 1. The number of ether oxygens (including phenoxy) is 1. The van der Waals surface area contributed by atoms with Crippen molar-refractivity contribution in [3.63, 3.8) is 0 Å². The Kier molecular flexibility index (Phi) is 3.81. The van der Waals surface area contributed by atoms with E-state index < -0.39 is 0 Å². The van der Waals surface area contributed by atoms with Gasteiger partial charge in [0.15, 0.2) is 0 Å². The van der Waals surface area contributed by atoms with Gasteiger partial charge in [-0.05, 0) is 23.6 Å². The van der Waals surface area contributed by atoms with Crippen LogP contribution in [0.25, 0.3) is 11.1 Å². The van der Waals surface area contributed by atoms with E-state index >= 15 is 0 Å². The van der Waals surface area contributed by atoms with Crippen LogP contribution < -0.4 is 4.74 Å². The summed E-state index contributed by atoms with van der Waals surface area (Å²) in [5.74, 6) is 0.927. The van der Waals surface area contributed by atoms with Crippen LogP contribution in [0.3, 0.4) is 0 Å². The Morgan fingerprint density at radius 1 is 0.941 bits per heavy atom. The van der Waals surface area contributed by atoms with Gasteiger partial charge < -0.3 is 4.74 Å². The molecule has 0 heterocycles. The Labute approximate surface area is 103 Å². The van der Waals surface area contributed by atoms with E-state index in [0.717, 1.165) is 17.7 Å². The zero-order valence-corrected chi connectivity index (χ0v) is 10.4. The standard InChI is InChI=1S/C16H18O/c1-3-6-13-9-11-14(12-10-13)15-7-4-5-8-16(15)17-2/h4-5,7-12H,3,6H2,1-2H3. The van der Waals surface area contributed by atoms with Gasteiger partial charge in [-0.25, -0.2) is 0 Å². The third-order valence-electron chi connectivity index (χ3n) is 2.91. The van der Waals surface area contributed by atoms with Crippen molar-refractivity contribution in [1.82, 2.24) is 0 Å². The van der Waals surface area contributed by atoms with Crippen LogP contribution in [0.15, 0.2) is 48.5 Å². The maximum Gasteiger partial charge on any atom is 0.126 e. The van der Waals surface area contributed by atoms with Gasteiger partial charge in [0.05, 0.1) is 7.11 Å². The molecule has 0 aliphatic rings. The minimum Gasteiger partial charge on any atom is -0.496 e. The van der Waals surface area contributed by atoms with E-state index in [-0.39, 0.29) is 0 Å². The topological polar surface area (TPSA) is 9.23 Å². The highest BCUT2D eigenvalue weighted by Gasteiger charge is 2.03. The van der Waals surface area contributed by atoms with E-state index in [2.05, 4.69) is 37.3 Å². The fraction of sp³-hybridized carbons (Fsp3) is 0.250. The summed E-state index contributed by atoms with van der Waals surface area (Å²) in [7, 11) is 1.71. The molecule has 0 radical (unpaired) electrons. The van der Waals surface area contributed by atoms with Gasteiger partial charge in [0.1, 0.15) is 5.75 Å². The fourth-order valence-electron chi connectivity index (χ4n) is 2.02. The maximum absolute atomic E-state index is 5.38. The first-order valence-electron chi connectivity index (χ1n) is 6.07. The SMILES string of the molecule is CCCc1ccc(-c2ccccc2OC)cc1. The zero-order chi connectivity index (χ0) is 12.1. The van der Waals surface area contributed by atoms with Crippen molar-refractivity contribution in [2.75, 3.05) is 7.11 Å². The van der Waals surface area contributed by atoms with Gasteiger partial charge in [0, 0.05) is 5.56 Å². The monoisotopic (exact) mass is 226 g/mol. The lowest BCUT2D eigenvalue weighted by atomic mass is 10.0. The summed E-state index contributed by atoms with van der Waals surface area (Å²) >= 11 is 0. The Morgan fingerprint density at radius 2 is 1.65 bits per heavy atom. The average Bonchev–Trinajstić information content (AvgIpc) is 2.40. The van der Waals surface area contributed by atoms with Crippen molar-refractivity contribution in [3.8, 4) is 16.9 Å². The molecule has 0 N–H and O–H groups in total. The summed E-state index contributed by atoms with van der Waals surface area (Å²) in [5.41, 5.74) is 3.76. The summed E-state index contributed by atoms with van der Waals surface area (Å²) in [6.45, 7) is 2.20. The summed E-state index contributed by atoms with van der Waals surface area (Å²) in [6.07, 6.45) is 2.33. The molecule has 2 aromatic rings. The third-order valence-corrected chi connectivity index (χ3v) is 2.91. The molecule has 2 rings (SSSR count). The molecule has 0 bridgehead atoms. The Balaban J connectivity index is 2.33. The van der Waals surface area contributed by atoms with E-state index in [1.165, 1.54) is 17.5 Å². The van der Waals surface area contributed by atoms with Gasteiger partial charge in [-0.1, -0.05) is 55.8 Å². The first kappa shape index (κ1) is 11.7. The lowest BCUT2D eigenvalue weighted by Gasteiger charge is -2.08. The van der Waals surface area contributed by atoms with Crippen molar-refractivity contribution < 1.29 is 4.74 Å². The van der Waals surface area contributed by atoms with Crippen LogP contribution in [0.2, 0.25) is 0 Å². The predicted octanol–water partition coefficient (Wildman–Crippen LogP) is 4.31. The van der Waals surface area contributed by atoms with Crippen LogP contribution in [-0.4, -0.2) is 7.11 Å². The van der Waals surface area contributed by atoms with E-state index in [1.807, 2.05) is 18.2 Å². The molecule has 0 saturated heterocycles. The molecule has 2 aromatic carbocycles. The Bertz CT molecular complexity index is 471. The fourth-order valence-corrected chi connectivity index (χ4v) is 2.02. The number of rotatable bonds is 4. The van der Waals surface area contributed by atoms with Crippen molar-refractivity contribution in [2.45, 2.75) is 19.8 Å². The number of hydrogen-bond acceptors (Lipinski definition) is 1. The molecule has 0 aliphatic heterocycles. The van der Waals surface area contributed by atoms with Gasteiger partial charge in [-0.15, -0.1) is 0 Å². The maximum atomic E-state index is 5.38. The van der Waals surface area contributed by atoms with Gasteiger partial charge in [0.25, 0.3) is 0 Å². The van der Waals surface area contributed by atoms with E-state index in [1.54, 1.807) is 7.11 Å². The highest BCUT2D eigenvalue weighted by atomic mass is 16.5. The number of benzene rings is 2. The number of methoxy groups -OCH3 is 1. The summed E-state index contributed by atoms with van der Waals surface area (Å²) in [5, 5.41) is 0. The lowest BCUT2D eigenvalue weighted by molar-refractivity contribution is 0.416. The van der Waals surface area contributed by atoms with Crippen LogP contribution >= 0.6 is 0 Å². The molecule has 0 aromatic heterocycles. The molecule has 0 spiro atoms. The summed E-state index contributed by atoms with van der Waals surface area (Å²) in [4.78, 5) is 0. The smallest absolute Gasteiger partial charge is 0.126 e. The second-order valence-electron chi connectivity index (χ2n) is 4.15. The minimum absolute atomic E-state index is 0.927. The van der Waals surface area contributed by atoms with Crippen molar-refractivity contribution in [3.05, 3.63) is 54.1 Å². The van der Waals surface area contributed by atoms with Crippen LogP contribution in [0.1, 0.15) is 18.9 Å². The minimum atomic E-state index is 0.927. The first-order chi connectivity index (χ1) is 8.35. The zero-order valence-electron chi connectivity index (χ0n) is 10.4. The molecular weight excluding hydrogens is 208 g/mol. The first-order valence-corrected chi connectivity index (χ1v) is 6.07. The van der Waals surface area contributed by atoms with E-state index in [9.17, 15) is 0 Å². The molecule has 88 valence electrons. The van der Waals surface area contributed by atoms with E-state index in [0.29, 0.717) is 0 Å². The summed E-state index contributed by atoms with van der Waals surface area (Å²) in [6, 6.07) is 16.9. The van der Waals surface area contributed by atoms with Gasteiger partial charge in [-0.2, -0.15) is 0 Å². The van der Waals surface area contributed by atoms with Crippen molar-refractivity contribution in [2.24, 2.45) is 0 Å². The van der Waals surface area contributed by atoms with Crippen molar-refractivity contribution in [1.29, 1.82) is 0 Å². The van der Waals surface area contributed by atoms with Crippen LogP contribution in [0.4, 0.5) is 0 Å². The van der Waals surface area contributed by atoms with Crippen molar-refractivity contribution >= 4 is 0 Å². The van der Waals surface area contributed by atoms with Crippen LogP contribution in [0, 0.1) is 0 Å². The number of hydrogen-bond donors (Lipinski definition) is 0. The molecule has 0 saturated carbocycles. The third kappa shape index (κ3) is 2.68. The predicted molar refractivity (Wildman–Crippen MR) is 72.4 cm³/mol. The highest BCUT2D eigenvalue weighted by molar-refractivity contribution is 5.70. The lowest BCUT2D eigenvalue weighted by Crippen LogP contribution is -1.88. The second kappa shape index (κ2) is 5.53. The molecule has 17 heavy (non-hydrogen) atoms. The van der Waals surface area contributed by atoms with Crippen LogP contribution in [-0.2, 0) is 6.42 Å².